The number of aliphatic carboxylic acids is 1. The van der Waals surface area contributed by atoms with Crippen molar-refractivity contribution in [2.24, 2.45) is 60.8 Å². The number of primary amides is 1. The van der Waals surface area contributed by atoms with Gasteiger partial charge in [-0.2, -0.15) is 0 Å². The maximum atomic E-state index is 14.1. The molecule has 0 saturated heterocycles. The summed E-state index contributed by atoms with van der Waals surface area (Å²) in [6.07, 6.45) is -3.03. The molecule has 1 aromatic carbocycles. The molecule has 1 aromatic rings. The number of guanidine groups is 3. The number of nitrogens with one attached hydrogen (secondary N) is 10. The van der Waals surface area contributed by atoms with E-state index in [1.807, 2.05) is 0 Å². The number of carboxylic acid groups (broad SMARTS) is 1. The standard InChI is InChI=1S/C49H83N21O15/c1-22(50)37(76)62-24(3)40(79)68-33(20-34(51)73)45(84)67-31(11-8-18-60-49(56)57)43(82)70-36(26(5)71)46(85)69-32(19-27-12-14-28(72)15-13-27)44(83)64-23(2)38(77)63-25(4)39(78)65-30(10-7-17-59-48(54)55)42(81)66-29(9-6-16-58-47(52)53)41(80)61-21-35(74)75/h12-15,22-26,29-33,36,71-72H,6-11,16-21,50H2,1-5H3,(H2,51,73)(H,61,80)(H,62,76)(H,63,77)(H,64,83)(H,65,78)(H,66,81)(H,67,84)(H,68,79)(H,69,85)(H,70,82)(H,74,75)(H4,52,53,58)(H4,54,55,59)(H4,56,57,60)/t22-,23-,24-,25-,26+,29-,30-,31-,32-,33-,36-/m0/s1. The van der Waals surface area contributed by atoms with Crippen molar-refractivity contribution in [1.29, 1.82) is 0 Å². The molecule has 0 bridgehead atoms. The first-order valence-electron chi connectivity index (χ1n) is 26.6. The third-order valence-electron chi connectivity index (χ3n) is 11.9. The fourth-order valence-corrected chi connectivity index (χ4v) is 7.34. The molecule has 0 heterocycles. The van der Waals surface area contributed by atoms with E-state index >= 15 is 0 Å². The number of carbonyl (C=O) groups is 12. The predicted octanol–water partition coefficient (Wildman–Crippen LogP) is -9.68. The molecule has 0 aliphatic carbocycles. The Morgan fingerprint density at radius 1 is 0.459 bits per heavy atom. The van der Waals surface area contributed by atoms with Crippen LogP contribution < -0.4 is 99.0 Å². The zero-order valence-electron chi connectivity index (χ0n) is 47.8. The molecular weight excluding hydrogens is 1120 g/mol. The average molecular weight is 1210 g/mol. The first-order valence-corrected chi connectivity index (χ1v) is 26.6. The number of phenols is 1. The monoisotopic (exact) mass is 1210 g/mol. The molecule has 36 heteroatoms. The lowest BCUT2D eigenvalue weighted by molar-refractivity contribution is -0.138. The summed E-state index contributed by atoms with van der Waals surface area (Å²) in [7, 11) is 0. The van der Waals surface area contributed by atoms with Crippen LogP contribution in [0.4, 0.5) is 0 Å². The molecule has 0 fully saturated rings. The Balaban J connectivity index is 3.47. The first-order chi connectivity index (χ1) is 39.7. The number of phenolic OH excluding ortho intramolecular Hbond substituents is 1. The molecule has 0 unspecified atom stereocenters. The summed E-state index contributed by atoms with van der Waals surface area (Å²) in [5.74, 6) is -13.1. The molecule has 0 aliphatic rings. The SMILES string of the molecule is C[C@H](N)C(=O)N[C@@H](C)C(=O)N[C@@H](CC(N)=O)C(=O)N[C@@H](CCCN=C(N)N)C(=O)N[C@H](C(=O)N[C@@H](Cc1ccc(O)cc1)C(=O)N[C@@H](C)C(=O)N[C@@H](C)C(=O)N[C@@H](CCCN=C(N)N)C(=O)N[C@@H](CCCN=C(N)N)C(=O)NCC(=O)O)[C@@H](C)O. The van der Waals surface area contributed by atoms with E-state index in [2.05, 4.69) is 68.1 Å². The zero-order valence-corrected chi connectivity index (χ0v) is 47.8. The Hall–Kier alpha value is -9.61. The highest BCUT2D eigenvalue weighted by molar-refractivity contribution is 5.99. The molecular formula is C49H83N21O15. The van der Waals surface area contributed by atoms with Crippen LogP contribution >= 0.6 is 0 Å². The summed E-state index contributed by atoms with van der Waals surface area (Å²) in [5.41, 5.74) is 43.7. The van der Waals surface area contributed by atoms with Crippen LogP contribution in [0.2, 0.25) is 0 Å². The number of rotatable bonds is 38. The van der Waals surface area contributed by atoms with Gasteiger partial charge in [0.25, 0.3) is 0 Å². The lowest BCUT2D eigenvalue weighted by Gasteiger charge is -2.28. The van der Waals surface area contributed by atoms with Crippen molar-refractivity contribution in [2.75, 3.05) is 26.2 Å². The topological polar surface area (TPSA) is 631 Å². The number of hydrogen-bond donors (Lipinski definition) is 21. The summed E-state index contributed by atoms with van der Waals surface area (Å²) < 4.78 is 0. The van der Waals surface area contributed by atoms with Crippen molar-refractivity contribution in [3.63, 3.8) is 0 Å². The van der Waals surface area contributed by atoms with Gasteiger partial charge in [-0.15, -0.1) is 0 Å². The molecule has 0 saturated carbocycles. The van der Waals surface area contributed by atoms with Gasteiger partial charge in [0.15, 0.2) is 17.9 Å². The van der Waals surface area contributed by atoms with Gasteiger partial charge in [-0.25, -0.2) is 0 Å². The van der Waals surface area contributed by atoms with Crippen LogP contribution in [0.5, 0.6) is 5.75 Å². The van der Waals surface area contributed by atoms with Crippen molar-refractivity contribution in [3.8, 4) is 5.75 Å². The van der Waals surface area contributed by atoms with E-state index in [4.69, 9.17) is 51.0 Å². The highest BCUT2D eigenvalue weighted by atomic mass is 16.4. The minimum absolute atomic E-state index is 0.00334. The Bertz CT molecular complexity index is 2570. The van der Waals surface area contributed by atoms with E-state index in [1.165, 1.54) is 52.0 Å². The average Bonchev–Trinajstić information content (AvgIpc) is 3.62. The molecule has 0 aromatic heterocycles. The van der Waals surface area contributed by atoms with Gasteiger partial charge in [-0.3, -0.25) is 72.5 Å². The second-order valence-electron chi connectivity index (χ2n) is 19.5. The van der Waals surface area contributed by atoms with Crippen LogP contribution in [-0.2, 0) is 64.0 Å². The van der Waals surface area contributed by atoms with Crippen LogP contribution in [0.3, 0.4) is 0 Å². The summed E-state index contributed by atoms with van der Waals surface area (Å²) in [6, 6.07) is -9.34. The fraction of sp³-hybridized carbons (Fsp3) is 0.571. The maximum Gasteiger partial charge on any atom is 0.322 e. The van der Waals surface area contributed by atoms with Crippen molar-refractivity contribution in [2.45, 2.75) is 153 Å². The molecule has 85 heavy (non-hydrogen) atoms. The quantitative estimate of drug-likeness (QED) is 0.0166. The number of aliphatic imine (C=N–C) groups is 3. The minimum atomic E-state index is -1.89. The molecule has 29 N–H and O–H groups in total. The largest absolute Gasteiger partial charge is 0.508 e. The number of aromatic hydroxyl groups is 1. The van der Waals surface area contributed by atoms with Crippen molar-refractivity contribution in [1.82, 2.24) is 53.2 Å². The molecule has 0 radical (unpaired) electrons. The molecule has 1 rings (SSSR count). The molecule has 0 aliphatic heterocycles. The van der Waals surface area contributed by atoms with E-state index in [9.17, 15) is 67.7 Å². The molecule has 11 atom stereocenters. The Labute approximate surface area is 488 Å². The van der Waals surface area contributed by atoms with Crippen LogP contribution in [-0.4, -0.2) is 197 Å². The number of carbonyl (C=O) groups excluding carboxylic acids is 11. The normalized spacial score (nSPS) is 14.6. The van der Waals surface area contributed by atoms with Gasteiger partial charge < -0.3 is 114 Å². The highest BCUT2D eigenvalue weighted by Crippen LogP contribution is 2.13. The number of carboxylic acids is 1. The zero-order chi connectivity index (χ0) is 64.7. The number of hydrogen-bond acceptors (Lipinski definition) is 18. The van der Waals surface area contributed by atoms with Gasteiger partial charge in [0.2, 0.25) is 65.0 Å². The molecule has 0 spiro atoms. The van der Waals surface area contributed by atoms with Gasteiger partial charge in [0.05, 0.1) is 18.6 Å². The number of amides is 11. The van der Waals surface area contributed by atoms with E-state index in [-0.39, 0.29) is 88.2 Å². The second kappa shape index (κ2) is 37.5. The van der Waals surface area contributed by atoms with Crippen LogP contribution in [0.25, 0.3) is 0 Å². The summed E-state index contributed by atoms with van der Waals surface area (Å²) in [6.45, 7) is 5.39. The molecule has 36 nitrogen and oxygen atoms in total. The van der Waals surface area contributed by atoms with Gasteiger partial charge in [0, 0.05) is 26.1 Å². The summed E-state index contributed by atoms with van der Waals surface area (Å²) in [5, 5.41) is 53.7. The Kier molecular flexibility index (Phi) is 32.4. The highest BCUT2D eigenvalue weighted by Gasteiger charge is 2.36. The van der Waals surface area contributed by atoms with E-state index < -0.39 is 150 Å². The smallest absolute Gasteiger partial charge is 0.322 e. The lowest BCUT2D eigenvalue weighted by Crippen LogP contribution is -2.62. The number of nitrogens with two attached hydrogens (primary N) is 8. The van der Waals surface area contributed by atoms with Crippen molar-refractivity contribution < 1.29 is 72.9 Å². The van der Waals surface area contributed by atoms with E-state index in [1.54, 1.807) is 0 Å². The van der Waals surface area contributed by atoms with E-state index in [0.29, 0.717) is 5.56 Å². The number of aliphatic hydroxyl groups is 1. The van der Waals surface area contributed by atoms with Gasteiger partial charge in [-0.05, 0) is 90.8 Å². The first kappa shape index (κ1) is 73.4. The fourth-order valence-electron chi connectivity index (χ4n) is 7.34. The van der Waals surface area contributed by atoms with Crippen molar-refractivity contribution in [3.05, 3.63) is 29.8 Å². The van der Waals surface area contributed by atoms with E-state index in [0.717, 1.165) is 6.92 Å². The van der Waals surface area contributed by atoms with Crippen LogP contribution in [0.1, 0.15) is 85.1 Å². The van der Waals surface area contributed by atoms with Crippen LogP contribution in [0.15, 0.2) is 39.2 Å². The summed E-state index contributed by atoms with van der Waals surface area (Å²) in [4.78, 5) is 170. The van der Waals surface area contributed by atoms with Crippen molar-refractivity contribution >= 4 is 88.8 Å². The predicted molar refractivity (Wildman–Crippen MR) is 306 cm³/mol. The summed E-state index contributed by atoms with van der Waals surface area (Å²) >= 11 is 0. The van der Waals surface area contributed by atoms with Gasteiger partial charge in [-0.1, -0.05) is 12.1 Å². The second-order valence-corrected chi connectivity index (χ2v) is 19.5. The Morgan fingerprint density at radius 2 is 0.812 bits per heavy atom. The maximum absolute atomic E-state index is 14.1. The Morgan fingerprint density at radius 3 is 1.22 bits per heavy atom. The third-order valence-corrected chi connectivity index (χ3v) is 11.9. The van der Waals surface area contributed by atoms with Gasteiger partial charge >= 0.3 is 5.97 Å². The number of nitrogens with zero attached hydrogens (tertiary/aromatic N) is 3. The minimum Gasteiger partial charge on any atom is -0.508 e. The number of benzene rings is 1. The van der Waals surface area contributed by atoms with Gasteiger partial charge in [0.1, 0.15) is 66.7 Å². The lowest BCUT2D eigenvalue weighted by atomic mass is 10.0. The molecule has 474 valence electrons. The third kappa shape index (κ3) is 29.8. The number of aliphatic hydroxyl groups excluding tert-OH is 1. The molecule has 11 amide bonds. The van der Waals surface area contributed by atoms with Crippen LogP contribution in [0, 0.1) is 0 Å².